The van der Waals surface area contributed by atoms with Crippen LogP contribution in [0.15, 0.2) is 30.6 Å². The van der Waals surface area contributed by atoms with Crippen molar-refractivity contribution in [3.8, 4) is 17.5 Å². The smallest absolute Gasteiger partial charge is 0.130 e. The van der Waals surface area contributed by atoms with Crippen LogP contribution in [0.5, 0.6) is 0 Å². The van der Waals surface area contributed by atoms with Gasteiger partial charge in [-0.15, -0.1) is 0 Å². The monoisotopic (exact) mass is 473 g/mol. The molecule has 1 N–H and O–H groups in total. The molecule has 6 heterocycles. The molecule has 0 aliphatic carbocycles. The Morgan fingerprint density at radius 2 is 1.97 bits per heavy atom. The first-order valence-electron chi connectivity index (χ1n) is 12.6. The van der Waals surface area contributed by atoms with Gasteiger partial charge in [0, 0.05) is 50.1 Å². The lowest BCUT2D eigenvalue weighted by Gasteiger charge is -2.41. The van der Waals surface area contributed by atoms with Crippen LogP contribution >= 0.6 is 0 Å². The van der Waals surface area contributed by atoms with Crippen molar-refractivity contribution in [2.45, 2.75) is 43.7 Å². The lowest BCUT2D eigenvalue weighted by atomic mass is 9.72. The van der Waals surface area contributed by atoms with Crippen LogP contribution < -0.4 is 4.90 Å². The van der Waals surface area contributed by atoms with E-state index in [0.717, 1.165) is 85.8 Å². The number of nitrogens with one attached hydrogen (secondary N) is 1. The molecule has 3 fully saturated rings. The summed E-state index contributed by atoms with van der Waals surface area (Å²) in [5.74, 6) is 0.887. The zero-order valence-electron chi connectivity index (χ0n) is 20.1. The largest absolute Gasteiger partial charge is 0.380 e. The Hall–Kier alpha value is -3.06. The molecule has 3 aliphatic rings. The van der Waals surface area contributed by atoms with Crippen LogP contribution in [0.25, 0.3) is 22.3 Å². The van der Waals surface area contributed by atoms with Crippen LogP contribution in [0.2, 0.25) is 0 Å². The summed E-state index contributed by atoms with van der Waals surface area (Å²) in [4.78, 5) is 14.6. The summed E-state index contributed by atoms with van der Waals surface area (Å²) in [7, 11) is 0. The number of hydrogen-bond donors (Lipinski definition) is 1. The van der Waals surface area contributed by atoms with Gasteiger partial charge in [-0.3, -0.25) is 15.0 Å². The van der Waals surface area contributed by atoms with Crippen molar-refractivity contribution in [1.29, 1.82) is 5.26 Å². The van der Waals surface area contributed by atoms with E-state index in [2.05, 4.69) is 44.0 Å². The summed E-state index contributed by atoms with van der Waals surface area (Å²) < 4.78 is 11.3. The fraction of sp³-hybridized carbons (Fsp3) is 0.538. The Morgan fingerprint density at radius 3 is 2.69 bits per heavy atom. The molecule has 3 saturated heterocycles. The Morgan fingerprint density at radius 1 is 1.11 bits per heavy atom. The number of nitriles is 1. The van der Waals surface area contributed by atoms with Crippen molar-refractivity contribution in [2.24, 2.45) is 0 Å². The van der Waals surface area contributed by atoms with Crippen LogP contribution in [-0.2, 0) is 14.9 Å². The van der Waals surface area contributed by atoms with E-state index in [0.29, 0.717) is 19.3 Å². The molecule has 0 bridgehead atoms. The van der Waals surface area contributed by atoms with E-state index in [9.17, 15) is 5.26 Å². The third-order valence-electron chi connectivity index (χ3n) is 7.94. The summed E-state index contributed by atoms with van der Waals surface area (Å²) in [6.07, 6.45) is 6.20. The molecule has 3 aromatic rings. The van der Waals surface area contributed by atoms with E-state index >= 15 is 0 Å². The molecule has 9 heteroatoms. The number of morpholine rings is 1. The fourth-order valence-corrected chi connectivity index (χ4v) is 5.86. The van der Waals surface area contributed by atoms with Gasteiger partial charge in [0.05, 0.1) is 43.0 Å². The molecule has 3 aliphatic heterocycles. The van der Waals surface area contributed by atoms with Gasteiger partial charge >= 0.3 is 0 Å². The maximum atomic E-state index is 10.6. The van der Waals surface area contributed by atoms with E-state index < -0.39 is 5.41 Å². The number of likely N-dealkylation sites (tertiary alicyclic amines) is 1. The number of H-pyrrole nitrogens is 1. The lowest BCUT2D eigenvalue weighted by molar-refractivity contribution is 0.0985. The molecular formula is C26H31N7O2. The summed E-state index contributed by atoms with van der Waals surface area (Å²) >= 11 is 0. The van der Waals surface area contributed by atoms with Crippen molar-refractivity contribution in [1.82, 2.24) is 25.1 Å². The van der Waals surface area contributed by atoms with Gasteiger partial charge in [0.2, 0.25) is 0 Å². The molecular weight excluding hydrogens is 442 g/mol. The van der Waals surface area contributed by atoms with Gasteiger partial charge < -0.3 is 14.4 Å². The maximum Gasteiger partial charge on any atom is 0.130 e. The third-order valence-corrected chi connectivity index (χ3v) is 7.94. The standard InChI is InChI=1S/C26H31N7O2/c1-18-15-35-13-11-33(18)23-14-21(20-2-7-28-25(24(20)30-23)22-3-8-29-31-22)26(17-27)5-9-32(10-6-26)19-4-12-34-16-19/h2-3,7-8,14,18-19H,4-6,9-13,15-16H2,1H3,(H,29,31)/t18-,19?/m1/s1. The normalized spacial score (nSPS) is 25.1. The lowest BCUT2D eigenvalue weighted by Crippen LogP contribution is -2.47. The number of hydrogen-bond acceptors (Lipinski definition) is 8. The predicted octanol–water partition coefficient (Wildman–Crippen LogP) is 2.89. The first kappa shape index (κ1) is 22.4. The second-order valence-electron chi connectivity index (χ2n) is 9.92. The number of ether oxygens (including phenoxy) is 2. The van der Waals surface area contributed by atoms with Crippen LogP contribution in [0.4, 0.5) is 5.82 Å². The zero-order chi connectivity index (χ0) is 23.8. The van der Waals surface area contributed by atoms with Crippen molar-refractivity contribution >= 4 is 16.7 Å². The van der Waals surface area contributed by atoms with Crippen LogP contribution in [0, 0.1) is 11.3 Å². The highest BCUT2D eigenvalue weighted by atomic mass is 16.5. The first-order chi connectivity index (χ1) is 17.2. The quantitative estimate of drug-likeness (QED) is 0.617. The van der Waals surface area contributed by atoms with E-state index in [-0.39, 0.29) is 6.04 Å². The molecule has 2 atom stereocenters. The third kappa shape index (κ3) is 3.96. The Kier molecular flexibility index (Phi) is 5.88. The van der Waals surface area contributed by atoms with Gasteiger partial charge in [-0.2, -0.15) is 10.4 Å². The van der Waals surface area contributed by atoms with E-state index in [1.165, 1.54) is 0 Å². The number of aromatic nitrogens is 4. The van der Waals surface area contributed by atoms with Crippen molar-refractivity contribution < 1.29 is 9.47 Å². The molecule has 9 nitrogen and oxygen atoms in total. The second-order valence-corrected chi connectivity index (χ2v) is 9.92. The summed E-state index contributed by atoms with van der Waals surface area (Å²) in [6, 6.07) is 9.53. The molecule has 1 unspecified atom stereocenters. The Bertz CT molecular complexity index is 1220. The van der Waals surface area contributed by atoms with Crippen molar-refractivity contribution in [3.05, 3.63) is 36.2 Å². The van der Waals surface area contributed by atoms with Gasteiger partial charge in [-0.1, -0.05) is 0 Å². The molecule has 0 spiro atoms. The molecule has 0 radical (unpaired) electrons. The predicted molar refractivity (Wildman–Crippen MR) is 132 cm³/mol. The summed E-state index contributed by atoms with van der Waals surface area (Å²) in [6.45, 7) is 7.69. The number of pyridine rings is 2. The molecule has 3 aromatic heterocycles. The van der Waals surface area contributed by atoms with Crippen LogP contribution in [0.1, 0.15) is 31.7 Å². The van der Waals surface area contributed by atoms with E-state index in [1.807, 2.05) is 18.3 Å². The van der Waals surface area contributed by atoms with Gasteiger partial charge in [-0.25, -0.2) is 4.98 Å². The van der Waals surface area contributed by atoms with Gasteiger partial charge in [0.25, 0.3) is 0 Å². The highest BCUT2D eigenvalue weighted by Gasteiger charge is 2.41. The SMILES string of the molecule is C[C@@H]1COCCN1c1cc(C2(C#N)CCN(C3CCOC3)CC2)c2ccnc(-c3ccn[nH]3)c2n1. The second kappa shape index (κ2) is 9.19. The fourth-order valence-electron chi connectivity index (χ4n) is 5.86. The number of piperidine rings is 1. The van der Waals surface area contributed by atoms with Gasteiger partial charge in [-0.05, 0) is 49.9 Å². The Balaban J connectivity index is 1.47. The topological polar surface area (TPSA) is 103 Å². The average Bonchev–Trinajstić information content (AvgIpc) is 3.63. The molecule has 0 saturated carbocycles. The molecule has 6 rings (SSSR count). The number of aromatic amines is 1. The summed E-state index contributed by atoms with van der Waals surface area (Å²) in [5.41, 5.74) is 2.88. The molecule has 0 aromatic carbocycles. The molecule has 0 amide bonds. The molecule has 182 valence electrons. The zero-order valence-corrected chi connectivity index (χ0v) is 20.1. The highest BCUT2D eigenvalue weighted by molar-refractivity contribution is 5.94. The van der Waals surface area contributed by atoms with Crippen molar-refractivity contribution in [2.75, 3.05) is 51.0 Å². The minimum atomic E-state index is -0.575. The number of anilines is 1. The number of nitrogens with zero attached hydrogens (tertiary/aromatic N) is 6. The number of fused-ring (bicyclic) bond motifs is 1. The van der Waals surface area contributed by atoms with Gasteiger partial charge in [0.1, 0.15) is 17.0 Å². The first-order valence-corrected chi connectivity index (χ1v) is 12.6. The van der Waals surface area contributed by atoms with Crippen molar-refractivity contribution in [3.63, 3.8) is 0 Å². The Labute approximate surface area is 205 Å². The van der Waals surface area contributed by atoms with Gasteiger partial charge in [0.15, 0.2) is 0 Å². The molecule has 35 heavy (non-hydrogen) atoms. The van der Waals surface area contributed by atoms with Crippen LogP contribution in [-0.4, -0.2) is 83.2 Å². The summed E-state index contributed by atoms with van der Waals surface area (Å²) in [5, 5.41) is 18.8. The highest BCUT2D eigenvalue weighted by Crippen LogP contribution is 2.42. The minimum Gasteiger partial charge on any atom is -0.380 e. The average molecular weight is 474 g/mol. The maximum absolute atomic E-state index is 10.6. The van der Waals surface area contributed by atoms with Crippen LogP contribution in [0.3, 0.4) is 0 Å². The van der Waals surface area contributed by atoms with E-state index in [1.54, 1.807) is 6.20 Å². The van der Waals surface area contributed by atoms with E-state index in [4.69, 9.17) is 14.5 Å². The number of rotatable bonds is 4. The minimum absolute atomic E-state index is 0.205.